The first-order valence-electron chi connectivity index (χ1n) is 11.7. The SMILES string of the molecule is CCCOc1cc(C2/C(=C(\O)c3cc(OC)ccc3OC)C(=O)C(=O)N2CCN(C)C)ccc1OC. The Bertz CT molecular complexity index is 1140. The van der Waals surface area contributed by atoms with Crippen LogP contribution < -0.4 is 18.9 Å². The summed E-state index contributed by atoms with van der Waals surface area (Å²) in [6.45, 7) is 3.28. The molecule has 2 aromatic carbocycles. The third-order valence-electron chi connectivity index (χ3n) is 5.95. The fourth-order valence-electron chi connectivity index (χ4n) is 4.10. The van der Waals surface area contributed by atoms with Crippen molar-refractivity contribution in [3.8, 4) is 23.0 Å². The number of likely N-dealkylation sites (tertiary alicyclic amines) is 1. The summed E-state index contributed by atoms with van der Waals surface area (Å²) in [4.78, 5) is 29.9. The first kappa shape index (κ1) is 26.9. The Morgan fingerprint density at radius 3 is 2.28 bits per heavy atom. The molecule has 1 aliphatic heterocycles. The van der Waals surface area contributed by atoms with Gasteiger partial charge < -0.3 is 33.9 Å². The molecule has 9 nitrogen and oxygen atoms in total. The molecular formula is C27H34N2O7. The molecule has 1 aliphatic rings. The summed E-state index contributed by atoms with van der Waals surface area (Å²) in [5.74, 6) is 0.0444. The van der Waals surface area contributed by atoms with Crippen molar-refractivity contribution < 1.29 is 33.6 Å². The third kappa shape index (κ3) is 5.41. The highest BCUT2D eigenvalue weighted by Gasteiger charge is 2.46. The number of ketones is 1. The average molecular weight is 499 g/mol. The van der Waals surface area contributed by atoms with Gasteiger partial charge in [0.05, 0.1) is 45.1 Å². The van der Waals surface area contributed by atoms with Crippen molar-refractivity contribution in [3.05, 3.63) is 53.1 Å². The van der Waals surface area contributed by atoms with Crippen molar-refractivity contribution in [1.82, 2.24) is 9.80 Å². The van der Waals surface area contributed by atoms with E-state index < -0.39 is 17.7 Å². The number of methoxy groups -OCH3 is 3. The quantitative estimate of drug-likeness (QED) is 0.286. The molecule has 0 aliphatic carbocycles. The van der Waals surface area contributed by atoms with Crippen LogP contribution in [0.5, 0.6) is 23.0 Å². The molecule has 1 fully saturated rings. The number of carbonyl (C=O) groups excluding carboxylic acids is 2. The minimum atomic E-state index is -0.837. The van der Waals surface area contributed by atoms with Crippen LogP contribution in [0.3, 0.4) is 0 Å². The van der Waals surface area contributed by atoms with Crippen molar-refractivity contribution in [2.75, 3.05) is 55.1 Å². The number of aliphatic hydroxyl groups is 1. The molecule has 0 spiro atoms. The monoisotopic (exact) mass is 498 g/mol. The summed E-state index contributed by atoms with van der Waals surface area (Å²) in [6, 6.07) is 9.31. The second-order valence-corrected chi connectivity index (χ2v) is 8.62. The minimum Gasteiger partial charge on any atom is -0.507 e. The Morgan fingerprint density at radius 1 is 0.972 bits per heavy atom. The van der Waals surface area contributed by atoms with Crippen LogP contribution in [0.15, 0.2) is 42.0 Å². The number of benzene rings is 2. The van der Waals surface area contributed by atoms with Crippen LogP contribution in [0.1, 0.15) is 30.5 Å². The molecule has 1 N–H and O–H groups in total. The fourth-order valence-corrected chi connectivity index (χ4v) is 4.10. The standard InChI is InChI=1S/C27H34N2O7/c1-7-14-36-22-15-17(8-10-21(22)35-6)24-23(26(31)27(32)29(24)13-12-28(2)3)25(30)19-16-18(33-4)9-11-20(19)34-5/h8-11,15-16,24,30H,7,12-14H2,1-6H3/b25-23+. The van der Waals surface area contributed by atoms with E-state index in [1.807, 2.05) is 25.9 Å². The summed E-state index contributed by atoms with van der Waals surface area (Å²) in [7, 11) is 8.28. The van der Waals surface area contributed by atoms with Crippen molar-refractivity contribution in [2.24, 2.45) is 0 Å². The Kier molecular flexibility index (Phi) is 8.82. The van der Waals surface area contributed by atoms with E-state index in [0.717, 1.165) is 6.42 Å². The van der Waals surface area contributed by atoms with Crippen LogP contribution >= 0.6 is 0 Å². The van der Waals surface area contributed by atoms with Gasteiger partial charge in [-0.3, -0.25) is 9.59 Å². The van der Waals surface area contributed by atoms with Gasteiger partial charge in [0, 0.05) is 13.1 Å². The molecule has 1 amide bonds. The number of nitrogens with zero attached hydrogens (tertiary/aromatic N) is 2. The Labute approximate surface area is 211 Å². The maximum absolute atomic E-state index is 13.3. The number of Topliss-reactive ketones (excluding diaryl/α,β-unsaturated/α-hetero) is 1. The Morgan fingerprint density at radius 2 is 1.67 bits per heavy atom. The normalized spacial score (nSPS) is 17.0. The van der Waals surface area contributed by atoms with Crippen LogP contribution in [-0.2, 0) is 9.59 Å². The fraction of sp³-hybridized carbons (Fsp3) is 0.407. The van der Waals surface area contributed by atoms with Gasteiger partial charge in [0.1, 0.15) is 17.3 Å². The van der Waals surface area contributed by atoms with Crippen LogP contribution in [0.2, 0.25) is 0 Å². The van der Waals surface area contributed by atoms with Crippen molar-refractivity contribution in [2.45, 2.75) is 19.4 Å². The Hall–Kier alpha value is -3.72. The maximum atomic E-state index is 13.3. The highest BCUT2D eigenvalue weighted by molar-refractivity contribution is 6.46. The van der Waals surface area contributed by atoms with Gasteiger partial charge in [-0.15, -0.1) is 0 Å². The van der Waals surface area contributed by atoms with E-state index in [9.17, 15) is 14.7 Å². The topological polar surface area (TPSA) is 97.8 Å². The van der Waals surface area contributed by atoms with Crippen LogP contribution in [0.25, 0.3) is 5.76 Å². The number of rotatable bonds is 11. The molecule has 1 saturated heterocycles. The first-order valence-corrected chi connectivity index (χ1v) is 11.7. The number of amides is 1. The third-order valence-corrected chi connectivity index (χ3v) is 5.95. The summed E-state index contributed by atoms with van der Waals surface area (Å²) in [6.07, 6.45) is 0.796. The number of likely N-dealkylation sites (N-methyl/N-ethyl adjacent to an activating group) is 1. The van der Waals surface area contributed by atoms with Gasteiger partial charge in [-0.2, -0.15) is 0 Å². The lowest BCUT2D eigenvalue weighted by atomic mass is 9.94. The lowest BCUT2D eigenvalue weighted by Gasteiger charge is -2.27. The van der Waals surface area contributed by atoms with Crippen LogP contribution in [0.4, 0.5) is 0 Å². The smallest absolute Gasteiger partial charge is 0.295 e. The molecule has 1 heterocycles. The molecular weight excluding hydrogens is 464 g/mol. The molecule has 1 unspecified atom stereocenters. The van der Waals surface area contributed by atoms with Crippen molar-refractivity contribution >= 4 is 17.4 Å². The number of ether oxygens (including phenoxy) is 4. The van der Waals surface area contributed by atoms with Gasteiger partial charge in [-0.05, 0) is 56.4 Å². The zero-order chi connectivity index (χ0) is 26.4. The van der Waals surface area contributed by atoms with Gasteiger partial charge in [-0.1, -0.05) is 13.0 Å². The highest BCUT2D eigenvalue weighted by Crippen LogP contribution is 2.43. The molecule has 3 rings (SSSR count). The van der Waals surface area contributed by atoms with Crippen LogP contribution in [0, 0.1) is 0 Å². The zero-order valence-corrected chi connectivity index (χ0v) is 21.7. The van der Waals surface area contributed by atoms with E-state index in [1.165, 1.54) is 19.1 Å². The van der Waals surface area contributed by atoms with Crippen molar-refractivity contribution in [1.29, 1.82) is 0 Å². The van der Waals surface area contributed by atoms with E-state index in [0.29, 0.717) is 41.7 Å². The molecule has 0 aromatic heterocycles. The molecule has 0 saturated carbocycles. The van der Waals surface area contributed by atoms with E-state index >= 15 is 0 Å². The minimum absolute atomic E-state index is 0.0306. The number of aliphatic hydroxyl groups excluding tert-OH is 1. The molecule has 194 valence electrons. The number of carbonyl (C=O) groups is 2. The summed E-state index contributed by atoms with van der Waals surface area (Å²) < 4.78 is 22.0. The molecule has 1 atom stereocenters. The maximum Gasteiger partial charge on any atom is 0.295 e. The molecule has 2 aromatic rings. The zero-order valence-electron chi connectivity index (χ0n) is 21.7. The largest absolute Gasteiger partial charge is 0.507 e. The summed E-state index contributed by atoms with van der Waals surface area (Å²) in [5.41, 5.74) is 0.837. The molecule has 9 heteroatoms. The lowest BCUT2D eigenvalue weighted by Crippen LogP contribution is -2.35. The summed E-state index contributed by atoms with van der Waals surface area (Å²) >= 11 is 0. The van der Waals surface area contributed by atoms with Crippen molar-refractivity contribution in [3.63, 3.8) is 0 Å². The van der Waals surface area contributed by atoms with Gasteiger partial charge >= 0.3 is 0 Å². The number of hydrogen-bond donors (Lipinski definition) is 1. The first-order chi connectivity index (χ1) is 17.3. The Balaban J connectivity index is 2.24. The van der Waals surface area contributed by atoms with E-state index in [2.05, 4.69) is 0 Å². The average Bonchev–Trinajstić information content (AvgIpc) is 3.14. The lowest BCUT2D eigenvalue weighted by molar-refractivity contribution is -0.140. The van der Waals surface area contributed by atoms with Gasteiger partial charge in [-0.25, -0.2) is 0 Å². The van der Waals surface area contributed by atoms with Gasteiger partial charge in [0.2, 0.25) is 0 Å². The van der Waals surface area contributed by atoms with Gasteiger partial charge in [0.25, 0.3) is 11.7 Å². The number of hydrogen-bond acceptors (Lipinski definition) is 8. The molecule has 36 heavy (non-hydrogen) atoms. The molecule has 0 radical (unpaired) electrons. The van der Waals surface area contributed by atoms with E-state index in [-0.39, 0.29) is 23.4 Å². The van der Waals surface area contributed by atoms with Crippen LogP contribution in [-0.4, -0.2) is 81.7 Å². The van der Waals surface area contributed by atoms with Gasteiger partial charge in [0.15, 0.2) is 11.5 Å². The van der Waals surface area contributed by atoms with E-state index in [1.54, 1.807) is 43.5 Å². The second kappa shape index (κ2) is 11.8. The second-order valence-electron chi connectivity index (χ2n) is 8.62. The molecule has 0 bridgehead atoms. The predicted octanol–water partition coefficient (Wildman–Crippen LogP) is 3.48. The summed E-state index contributed by atoms with van der Waals surface area (Å²) in [5, 5.41) is 11.5. The highest BCUT2D eigenvalue weighted by atomic mass is 16.5. The van der Waals surface area contributed by atoms with E-state index in [4.69, 9.17) is 18.9 Å². The predicted molar refractivity (Wildman–Crippen MR) is 136 cm³/mol.